The topological polar surface area (TPSA) is 444 Å². The molecule has 32 heteroatoms. The van der Waals surface area contributed by atoms with Gasteiger partial charge in [0.15, 0.2) is 5.75 Å². The zero-order valence-corrected chi connectivity index (χ0v) is 31.9. The van der Waals surface area contributed by atoms with E-state index in [-0.39, 0.29) is 22.9 Å². The Hall–Kier alpha value is -5.61. The maximum absolute atomic E-state index is 12.6. The Morgan fingerprint density at radius 2 is 1.11 bits per heavy atom. The lowest BCUT2D eigenvalue weighted by atomic mass is 10.0. The first-order chi connectivity index (χ1) is 26.1. The summed E-state index contributed by atoms with van der Waals surface area (Å²) in [6, 6.07) is 4.88. The smallest absolute Gasteiger partial charge is 0.296 e. The van der Waals surface area contributed by atoms with Crippen molar-refractivity contribution in [3.63, 3.8) is 0 Å². The van der Waals surface area contributed by atoms with Crippen LogP contribution in [0.5, 0.6) is 5.75 Å². The highest BCUT2D eigenvalue weighted by Crippen LogP contribution is 2.48. The van der Waals surface area contributed by atoms with E-state index in [4.69, 9.17) is 23.1 Å². The van der Waals surface area contributed by atoms with Gasteiger partial charge in [0.1, 0.15) is 42.3 Å². The highest BCUT2D eigenvalue weighted by Gasteiger charge is 2.29. The summed E-state index contributed by atoms with van der Waals surface area (Å²) in [6.07, 6.45) is 0. The van der Waals surface area contributed by atoms with Crippen LogP contribution in [0, 0.1) is 0 Å². The summed E-state index contributed by atoms with van der Waals surface area (Å²) < 4.78 is 171. The molecule has 1 heterocycles. The van der Waals surface area contributed by atoms with E-state index in [1.807, 2.05) is 0 Å². The molecule has 0 aliphatic rings. The van der Waals surface area contributed by atoms with Crippen molar-refractivity contribution >= 4 is 119 Å². The molecular weight excluding hydrogens is 892 g/mol. The van der Waals surface area contributed by atoms with Gasteiger partial charge in [0.25, 0.3) is 50.6 Å². The van der Waals surface area contributed by atoms with Crippen LogP contribution in [0.25, 0.3) is 10.8 Å². The van der Waals surface area contributed by atoms with Crippen LogP contribution in [0.4, 0.5) is 46.0 Å². The van der Waals surface area contributed by atoms with E-state index in [1.165, 1.54) is 0 Å². The molecule has 1 aromatic heterocycles. The van der Waals surface area contributed by atoms with Crippen molar-refractivity contribution in [2.75, 3.05) is 16.8 Å². The summed E-state index contributed by atoms with van der Waals surface area (Å²) in [5, 5.41) is 25.7. The summed E-state index contributed by atoms with van der Waals surface area (Å²) in [5.41, 5.74) is 6.49. The number of nitrogen functional groups attached to an aromatic ring is 2. The van der Waals surface area contributed by atoms with Gasteiger partial charge in [-0.3, -0.25) is 22.8 Å². The Morgan fingerprint density at radius 3 is 1.65 bits per heavy atom. The first kappa shape index (κ1) is 42.5. The monoisotopic (exact) mass is 910 g/mol. The minimum absolute atomic E-state index is 0.0596. The average molecular weight is 911 g/mol. The fraction of sp³-hybridized carbons (Fsp3) is 0. The number of halogens is 1. The number of phenolic OH excluding ortho intramolecular Hbond substituents is 1. The zero-order valence-electron chi connectivity index (χ0n) is 27.1. The van der Waals surface area contributed by atoms with Crippen molar-refractivity contribution in [1.29, 1.82) is 0 Å². The summed E-state index contributed by atoms with van der Waals surface area (Å²) in [7, 11) is -26.4. The highest BCUT2D eigenvalue weighted by atomic mass is 35.5. The summed E-state index contributed by atoms with van der Waals surface area (Å²) in [6.45, 7) is 0. The molecule has 57 heavy (non-hydrogen) atoms. The molecule has 0 fully saturated rings. The SMILES string of the molecule is Nc1nc(Cl)nc(Nc2ccc(S(=O)(=O)O)c(N=Nc3cc(S(=O)(=O)O)c4cc(S(=O)(=O)O)c(N=Nc5cc(S(=O)(=O)O)ccc5S(=O)(=O)O)c(N)c4c3O)c2)n1. The predicted octanol–water partition coefficient (Wildman–Crippen LogP) is 3.36. The van der Waals surface area contributed by atoms with E-state index in [0.29, 0.717) is 30.3 Å². The minimum Gasteiger partial charge on any atom is -0.505 e. The molecule has 0 saturated heterocycles. The number of nitrogens with zero attached hydrogens (tertiary/aromatic N) is 7. The molecule has 0 bridgehead atoms. The molecule has 0 spiro atoms. The Morgan fingerprint density at radius 1 is 0.579 bits per heavy atom. The van der Waals surface area contributed by atoms with Gasteiger partial charge >= 0.3 is 0 Å². The lowest BCUT2D eigenvalue weighted by Gasteiger charge is -2.14. The standard InChI is InChI=1S/C25H19ClN10O16S5/c26-23-30-24(28)32-25(31-23)29-9-1-3-15(54(41,42)43)12(5-9)33-35-14-8-17(56(47,48)49)11-7-18(57(50,51)52)21(20(27)19(11)22(14)37)36-34-13-6-10(53(38,39)40)2-4-16(13)55(44,45)46/h1-8,37H,27H2,(H,38,39,40)(H,41,42,43)(H,44,45,46)(H,47,48,49)(H,50,51,52)(H3,28,29,30,31,32). The minimum atomic E-state index is -5.55. The second-order valence-electron chi connectivity index (χ2n) is 10.8. The highest BCUT2D eigenvalue weighted by molar-refractivity contribution is 7.87. The molecule has 0 saturated carbocycles. The maximum atomic E-state index is 12.6. The predicted molar refractivity (Wildman–Crippen MR) is 193 cm³/mol. The van der Waals surface area contributed by atoms with Gasteiger partial charge in [0.2, 0.25) is 17.2 Å². The van der Waals surface area contributed by atoms with Crippen molar-refractivity contribution in [1.82, 2.24) is 15.0 Å². The van der Waals surface area contributed by atoms with Gasteiger partial charge < -0.3 is 21.9 Å². The van der Waals surface area contributed by atoms with Crippen molar-refractivity contribution in [3.05, 3.63) is 53.8 Å². The number of rotatable bonds is 11. The number of fused-ring (bicyclic) bond motifs is 1. The van der Waals surface area contributed by atoms with Crippen LogP contribution in [0.15, 0.2) is 93.5 Å². The Labute approximate surface area is 323 Å². The van der Waals surface area contributed by atoms with Gasteiger partial charge in [-0.2, -0.15) is 57.0 Å². The lowest BCUT2D eigenvalue weighted by Crippen LogP contribution is -2.05. The molecule has 0 atom stereocenters. The number of phenols is 1. The van der Waals surface area contributed by atoms with E-state index in [0.717, 1.165) is 18.2 Å². The number of hydrogen-bond donors (Lipinski definition) is 9. The number of nitrogens with one attached hydrogen (secondary N) is 1. The number of aromatic hydroxyl groups is 1. The van der Waals surface area contributed by atoms with Gasteiger partial charge in [-0.05, 0) is 60.1 Å². The van der Waals surface area contributed by atoms with Gasteiger partial charge in [0, 0.05) is 11.1 Å². The van der Waals surface area contributed by atoms with E-state index in [1.54, 1.807) is 0 Å². The van der Waals surface area contributed by atoms with Crippen molar-refractivity contribution in [2.45, 2.75) is 24.5 Å². The second-order valence-corrected chi connectivity index (χ2v) is 18.1. The van der Waals surface area contributed by atoms with Crippen LogP contribution >= 0.6 is 11.6 Å². The van der Waals surface area contributed by atoms with Crippen molar-refractivity contribution < 1.29 is 70.0 Å². The van der Waals surface area contributed by atoms with Crippen LogP contribution in [0.1, 0.15) is 0 Å². The quantitative estimate of drug-likeness (QED) is 0.0521. The van der Waals surface area contributed by atoms with Crippen molar-refractivity contribution in [3.8, 4) is 5.75 Å². The molecule has 5 rings (SSSR count). The Balaban J connectivity index is 1.78. The van der Waals surface area contributed by atoms with E-state index >= 15 is 0 Å². The molecule has 11 N–H and O–H groups in total. The number of hydrogen-bond acceptors (Lipinski definition) is 21. The van der Waals surface area contributed by atoms with Crippen LogP contribution in [-0.4, -0.2) is 84.9 Å². The molecule has 0 amide bonds. The number of azo groups is 2. The van der Waals surface area contributed by atoms with E-state index in [9.17, 15) is 70.0 Å². The molecule has 0 radical (unpaired) electrons. The van der Waals surface area contributed by atoms with Gasteiger partial charge in [-0.1, -0.05) is 0 Å². The fourth-order valence-electron chi connectivity index (χ4n) is 4.71. The third kappa shape index (κ3) is 9.34. The summed E-state index contributed by atoms with van der Waals surface area (Å²) >= 11 is 5.76. The number of aromatic nitrogens is 3. The van der Waals surface area contributed by atoms with Crippen LogP contribution < -0.4 is 16.8 Å². The number of benzene rings is 4. The molecule has 26 nitrogen and oxygen atoms in total. The van der Waals surface area contributed by atoms with Gasteiger partial charge in [0.05, 0.1) is 16.0 Å². The normalized spacial score (nSPS) is 13.2. The third-order valence-corrected chi connectivity index (χ3v) is 11.6. The van der Waals surface area contributed by atoms with Crippen LogP contribution in [0.2, 0.25) is 5.28 Å². The zero-order chi connectivity index (χ0) is 42.6. The largest absolute Gasteiger partial charge is 0.505 e. The molecule has 0 aliphatic heterocycles. The summed E-state index contributed by atoms with van der Waals surface area (Å²) in [4.78, 5) is 5.33. The van der Waals surface area contributed by atoms with Gasteiger partial charge in [-0.15, -0.1) is 20.5 Å². The number of nitrogens with two attached hydrogens (primary N) is 2. The summed E-state index contributed by atoms with van der Waals surface area (Å²) in [5.74, 6) is -1.79. The van der Waals surface area contributed by atoms with Gasteiger partial charge in [-0.25, -0.2) is 0 Å². The molecule has 302 valence electrons. The van der Waals surface area contributed by atoms with Crippen molar-refractivity contribution in [2.24, 2.45) is 20.5 Å². The first-order valence-electron chi connectivity index (χ1n) is 14.1. The van der Waals surface area contributed by atoms with Crippen LogP contribution in [0.3, 0.4) is 0 Å². The third-order valence-electron chi connectivity index (χ3n) is 7.02. The van der Waals surface area contributed by atoms with E-state index < -0.39 is 120 Å². The Bertz CT molecular complexity index is 3170. The Kier molecular flexibility index (Phi) is 11.0. The van der Waals surface area contributed by atoms with E-state index in [2.05, 4.69) is 40.7 Å². The van der Waals surface area contributed by atoms with Crippen LogP contribution in [-0.2, 0) is 50.6 Å². The average Bonchev–Trinajstić information content (AvgIpc) is 3.04. The maximum Gasteiger partial charge on any atom is 0.296 e. The molecule has 5 aromatic rings. The molecule has 0 unspecified atom stereocenters. The molecule has 4 aromatic carbocycles. The second kappa shape index (κ2) is 14.7. The first-order valence-corrected chi connectivity index (χ1v) is 21.7. The fourth-order valence-corrected chi connectivity index (χ4v) is 7.95. The molecule has 0 aliphatic carbocycles. The molecular formula is C25H19ClN10O16S5. The lowest BCUT2D eigenvalue weighted by molar-refractivity contribution is 0.477. The number of anilines is 4.